The van der Waals surface area contributed by atoms with Crippen LogP contribution in [0.5, 0.6) is 5.75 Å². The van der Waals surface area contributed by atoms with Gasteiger partial charge in [0.25, 0.3) is 0 Å². The molecule has 0 aliphatic carbocycles. The summed E-state index contributed by atoms with van der Waals surface area (Å²) in [4.78, 5) is 0. The van der Waals surface area contributed by atoms with Crippen molar-refractivity contribution in [2.75, 3.05) is 0 Å². The third-order valence-electron chi connectivity index (χ3n) is 3.55. The molecule has 0 aliphatic heterocycles. The molecule has 2 aromatic carbocycles. The lowest BCUT2D eigenvalue weighted by Crippen LogP contribution is -2.22. The summed E-state index contributed by atoms with van der Waals surface area (Å²) in [5.74, 6) is 0.928. The van der Waals surface area contributed by atoms with Gasteiger partial charge in [-0.15, -0.1) is 0 Å². The summed E-state index contributed by atoms with van der Waals surface area (Å²) in [6.45, 7) is 8.47. The summed E-state index contributed by atoms with van der Waals surface area (Å²) in [7, 11) is 0. The molecule has 2 atom stereocenters. The zero-order valence-electron chi connectivity index (χ0n) is 13.3. The highest BCUT2D eigenvalue weighted by Crippen LogP contribution is 2.21. The molecular formula is C19H25NO. The van der Waals surface area contributed by atoms with E-state index in [1.807, 2.05) is 32.0 Å². The summed E-state index contributed by atoms with van der Waals surface area (Å²) in [6, 6.07) is 19.5. The highest BCUT2D eigenvalue weighted by molar-refractivity contribution is 5.29. The fraction of sp³-hybridized carbons (Fsp3) is 0.368. The maximum atomic E-state index is 5.68. The predicted octanol–water partition coefficient (Wildman–Crippen LogP) is 4.89. The standard InChI is InChI=1S/C19H25NO/c1-14(2)21-19-12-10-18(11-13-19)16(4)20-15(3)17-8-6-5-7-9-17/h5-16,20H,1-4H3. The molecule has 2 aromatic rings. The first-order valence-corrected chi connectivity index (χ1v) is 7.64. The fourth-order valence-electron chi connectivity index (χ4n) is 2.42. The lowest BCUT2D eigenvalue weighted by Gasteiger charge is -2.21. The lowest BCUT2D eigenvalue weighted by atomic mass is 10.0. The Balaban J connectivity index is 1.98. The average Bonchev–Trinajstić information content (AvgIpc) is 2.48. The van der Waals surface area contributed by atoms with Crippen molar-refractivity contribution in [1.82, 2.24) is 5.32 Å². The van der Waals surface area contributed by atoms with Crippen molar-refractivity contribution in [3.05, 3.63) is 65.7 Å². The van der Waals surface area contributed by atoms with E-state index >= 15 is 0 Å². The molecule has 2 nitrogen and oxygen atoms in total. The molecule has 0 aliphatic rings. The minimum atomic E-state index is 0.213. The summed E-state index contributed by atoms with van der Waals surface area (Å²) >= 11 is 0. The van der Waals surface area contributed by atoms with Gasteiger partial charge in [0.05, 0.1) is 6.10 Å². The van der Waals surface area contributed by atoms with Gasteiger partial charge >= 0.3 is 0 Å². The van der Waals surface area contributed by atoms with Crippen LogP contribution in [0.4, 0.5) is 0 Å². The Morgan fingerprint density at radius 3 is 1.76 bits per heavy atom. The molecule has 0 bridgehead atoms. The number of rotatable bonds is 6. The van der Waals surface area contributed by atoms with Crippen molar-refractivity contribution in [3.8, 4) is 5.75 Å². The van der Waals surface area contributed by atoms with Gasteiger partial charge in [-0.2, -0.15) is 0 Å². The molecule has 0 radical (unpaired) electrons. The summed E-state index contributed by atoms with van der Waals surface area (Å²) in [6.07, 6.45) is 0.213. The molecule has 0 spiro atoms. The molecule has 0 saturated heterocycles. The first-order valence-electron chi connectivity index (χ1n) is 7.64. The Kier molecular flexibility index (Phi) is 5.40. The summed E-state index contributed by atoms with van der Waals surface area (Å²) in [5, 5.41) is 3.63. The van der Waals surface area contributed by atoms with E-state index in [1.165, 1.54) is 11.1 Å². The van der Waals surface area contributed by atoms with Gasteiger partial charge < -0.3 is 10.1 Å². The maximum Gasteiger partial charge on any atom is 0.119 e. The number of benzene rings is 2. The molecule has 2 rings (SSSR count). The fourth-order valence-corrected chi connectivity index (χ4v) is 2.42. The van der Waals surface area contributed by atoms with Crippen molar-refractivity contribution >= 4 is 0 Å². The van der Waals surface area contributed by atoms with Crippen LogP contribution in [-0.2, 0) is 0 Å². The van der Waals surface area contributed by atoms with E-state index in [2.05, 4.69) is 55.6 Å². The normalized spacial score (nSPS) is 14.0. The van der Waals surface area contributed by atoms with Crippen molar-refractivity contribution < 1.29 is 4.74 Å². The van der Waals surface area contributed by atoms with E-state index in [9.17, 15) is 0 Å². The monoisotopic (exact) mass is 283 g/mol. The van der Waals surface area contributed by atoms with Crippen molar-refractivity contribution in [2.24, 2.45) is 0 Å². The summed E-state index contributed by atoms with van der Waals surface area (Å²) < 4.78 is 5.68. The Hall–Kier alpha value is -1.80. The Labute approximate surface area is 128 Å². The second kappa shape index (κ2) is 7.28. The second-order valence-electron chi connectivity index (χ2n) is 5.76. The Morgan fingerprint density at radius 1 is 0.714 bits per heavy atom. The largest absolute Gasteiger partial charge is 0.491 e. The minimum Gasteiger partial charge on any atom is -0.491 e. The van der Waals surface area contributed by atoms with Crippen LogP contribution in [-0.4, -0.2) is 6.10 Å². The zero-order chi connectivity index (χ0) is 15.2. The van der Waals surface area contributed by atoms with Crippen LogP contribution in [0, 0.1) is 0 Å². The number of ether oxygens (including phenoxy) is 1. The number of hydrogen-bond donors (Lipinski definition) is 1. The molecule has 0 heterocycles. The lowest BCUT2D eigenvalue weighted by molar-refractivity contribution is 0.242. The third kappa shape index (κ3) is 4.61. The highest BCUT2D eigenvalue weighted by Gasteiger charge is 2.11. The molecule has 112 valence electrons. The van der Waals surface area contributed by atoms with Gasteiger partial charge in [-0.25, -0.2) is 0 Å². The SMILES string of the molecule is CC(C)Oc1ccc(C(C)NC(C)c2ccccc2)cc1. The molecule has 0 aromatic heterocycles. The van der Waals surface area contributed by atoms with Gasteiger partial charge in [0.1, 0.15) is 5.75 Å². The van der Waals surface area contributed by atoms with E-state index in [0.29, 0.717) is 12.1 Å². The summed E-state index contributed by atoms with van der Waals surface area (Å²) in [5.41, 5.74) is 2.58. The Morgan fingerprint density at radius 2 is 1.24 bits per heavy atom. The zero-order valence-corrected chi connectivity index (χ0v) is 13.3. The number of hydrogen-bond acceptors (Lipinski definition) is 2. The van der Waals surface area contributed by atoms with Crippen LogP contribution in [0.2, 0.25) is 0 Å². The smallest absolute Gasteiger partial charge is 0.119 e. The third-order valence-corrected chi connectivity index (χ3v) is 3.55. The average molecular weight is 283 g/mol. The molecular weight excluding hydrogens is 258 g/mol. The molecule has 2 unspecified atom stereocenters. The van der Waals surface area contributed by atoms with Crippen LogP contribution in [0.25, 0.3) is 0 Å². The minimum absolute atomic E-state index is 0.213. The topological polar surface area (TPSA) is 21.3 Å². The van der Waals surface area contributed by atoms with Gasteiger partial charge in [0.15, 0.2) is 0 Å². The molecule has 1 N–H and O–H groups in total. The van der Waals surface area contributed by atoms with E-state index in [-0.39, 0.29) is 6.10 Å². The first-order chi connectivity index (χ1) is 10.1. The molecule has 21 heavy (non-hydrogen) atoms. The van der Waals surface area contributed by atoms with Gasteiger partial charge in [0, 0.05) is 12.1 Å². The Bertz CT molecular complexity index is 533. The maximum absolute atomic E-state index is 5.68. The quantitative estimate of drug-likeness (QED) is 0.815. The molecule has 0 saturated carbocycles. The van der Waals surface area contributed by atoms with Gasteiger partial charge in [0.2, 0.25) is 0 Å². The van der Waals surface area contributed by atoms with Gasteiger partial charge in [-0.1, -0.05) is 42.5 Å². The van der Waals surface area contributed by atoms with E-state index in [0.717, 1.165) is 5.75 Å². The van der Waals surface area contributed by atoms with Crippen LogP contribution in [0.15, 0.2) is 54.6 Å². The van der Waals surface area contributed by atoms with Gasteiger partial charge in [-0.05, 0) is 51.0 Å². The van der Waals surface area contributed by atoms with E-state index < -0.39 is 0 Å². The van der Waals surface area contributed by atoms with Crippen LogP contribution in [0.3, 0.4) is 0 Å². The molecule has 0 fully saturated rings. The van der Waals surface area contributed by atoms with Crippen LogP contribution >= 0.6 is 0 Å². The number of nitrogens with one attached hydrogen (secondary N) is 1. The first kappa shape index (κ1) is 15.6. The van der Waals surface area contributed by atoms with Gasteiger partial charge in [-0.3, -0.25) is 0 Å². The van der Waals surface area contributed by atoms with Crippen LogP contribution in [0.1, 0.15) is 50.9 Å². The van der Waals surface area contributed by atoms with E-state index in [1.54, 1.807) is 0 Å². The highest BCUT2D eigenvalue weighted by atomic mass is 16.5. The van der Waals surface area contributed by atoms with Crippen molar-refractivity contribution in [1.29, 1.82) is 0 Å². The molecule has 2 heteroatoms. The predicted molar refractivity (Wildman–Crippen MR) is 88.6 cm³/mol. The van der Waals surface area contributed by atoms with E-state index in [4.69, 9.17) is 4.74 Å². The second-order valence-corrected chi connectivity index (χ2v) is 5.76. The van der Waals surface area contributed by atoms with Crippen molar-refractivity contribution in [2.45, 2.75) is 45.9 Å². The van der Waals surface area contributed by atoms with Crippen molar-refractivity contribution in [3.63, 3.8) is 0 Å². The molecule has 0 amide bonds. The van der Waals surface area contributed by atoms with Crippen LogP contribution < -0.4 is 10.1 Å².